The minimum atomic E-state index is -3.93. The van der Waals surface area contributed by atoms with Gasteiger partial charge < -0.3 is 0 Å². The summed E-state index contributed by atoms with van der Waals surface area (Å²) in [7, 11) is -3.93. The van der Waals surface area contributed by atoms with E-state index in [-0.39, 0.29) is 16.2 Å². The number of carbonyl (C=O) groups is 1. The molecule has 0 spiro atoms. The van der Waals surface area contributed by atoms with Crippen molar-refractivity contribution in [2.75, 3.05) is 0 Å². The smallest absolute Gasteiger partial charge is 0.204 e. The average molecular weight is 510 g/mol. The molecule has 3 rings (SSSR count). The van der Waals surface area contributed by atoms with Gasteiger partial charge in [0.15, 0.2) is 9.84 Å². The van der Waals surface area contributed by atoms with Crippen molar-refractivity contribution in [1.29, 1.82) is 0 Å². The molecule has 0 amide bonds. The molecule has 3 aromatic rings. The summed E-state index contributed by atoms with van der Waals surface area (Å²) < 4.78 is 27.2. The van der Waals surface area contributed by atoms with Gasteiger partial charge in [-0.15, -0.1) is 0 Å². The van der Waals surface area contributed by atoms with Crippen LogP contribution in [0, 0.1) is 0 Å². The Morgan fingerprint density at radius 1 is 0.828 bits per heavy atom. The number of benzene rings is 3. The molecule has 0 radical (unpaired) electrons. The second kappa shape index (κ2) is 9.26. The lowest BCUT2D eigenvalue weighted by Crippen LogP contribution is -2.16. The maximum atomic E-state index is 13.2. The standard InChI is InChI=1S/C22H15BrCl2O3S/c23-18-7-1-15(2-8-18)13-21(22(26)17-5-11-20(25)12-6-17)29(27,28)14-16-3-9-19(24)10-4-16/h1-13H,14H2/b21-13+. The van der Waals surface area contributed by atoms with Crippen molar-refractivity contribution in [2.45, 2.75) is 5.75 Å². The van der Waals surface area contributed by atoms with Crippen molar-refractivity contribution in [3.8, 4) is 0 Å². The molecule has 0 aliphatic carbocycles. The third kappa shape index (κ3) is 5.80. The Morgan fingerprint density at radius 2 is 1.34 bits per heavy atom. The topological polar surface area (TPSA) is 51.2 Å². The molecule has 0 atom stereocenters. The maximum absolute atomic E-state index is 13.2. The lowest BCUT2D eigenvalue weighted by molar-refractivity contribution is 0.104. The molecule has 0 unspecified atom stereocenters. The van der Waals surface area contributed by atoms with Gasteiger partial charge in [0.25, 0.3) is 0 Å². The van der Waals surface area contributed by atoms with Gasteiger partial charge in [0.05, 0.1) is 5.75 Å². The Hall–Kier alpha value is -1.92. The number of ketones is 1. The van der Waals surface area contributed by atoms with Gasteiger partial charge in [0, 0.05) is 20.1 Å². The highest BCUT2D eigenvalue weighted by molar-refractivity contribution is 9.10. The van der Waals surface area contributed by atoms with Gasteiger partial charge in [-0.3, -0.25) is 4.79 Å². The molecule has 0 aliphatic rings. The molecule has 0 N–H and O–H groups in total. The van der Waals surface area contributed by atoms with Crippen LogP contribution >= 0.6 is 39.1 Å². The Morgan fingerprint density at radius 3 is 1.90 bits per heavy atom. The van der Waals surface area contributed by atoms with Crippen molar-refractivity contribution in [1.82, 2.24) is 0 Å². The van der Waals surface area contributed by atoms with E-state index in [9.17, 15) is 13.2 Å². The first-order valence-electron chi connectivity index (χ1n) is 8.49. The second-order valence-electron chi connectivity index (χ2n) is 6.28. The summed E-state index contributed by atoms with van der Waals surface area (Å²) in [5, 5.41) is 0.970. The molecule has 29 heavy (non-hydrogen) atoms. The van der Waals surface area contributed by atoms with Crippen LogP contribution in [0.1, 0.15) is 21.5 Å². The van der Waals surface area contributed by atoms with E-state index in [2.05, 4.69) is 15.9 Å². The highest BCUT2D eigenvalue weighted by Crippen LogP contribution is 2.24. The predicted octanol–water partition coefficient (Wildman–Crippen LogP) is 6.59. The third-order valence-electron chi connectivity index (χ3n) is 4.10. The summed E-state index contributed by atoms with van der Waals surface area (Å²) in [6.45, 7) is 0. The summed E-state index contributed by atoms with van der Waals surface area (Å²) in [5.41, 5.74) is 1.39. The van der Waals surface area contributed by atoms with E-state index >= 15 is 0 Å². The zero-order chi connectivity index (χ0) is 21.0. The van der Waals surface area contributed by atoms with Gasteiger partial charge in [-0.25, -0.2) is 8.42 Å². The van der Waals surface area contributed by atoms with Gasteiger partial charge in [-0.2, -0.15) is 0 Å². The molecule has 3 nitrogen and oxygen atoms in total. The molecule has 148 valence electrons. The second-order valence-corrected chi connectivity index (χ2v) is 10.0. The molecule has 0 saturated carbocycles. The zero-order valence-corrected chi connectivity index (χ0v) is 18.9. The molecule has 7 heteroatoms. The Bertz CT molecular complexity index is 1150. The maximum Gasteiger partial charge on any atom is 0.204 e. The molecule has 3 aromatic carbocycles. The average Bonchev–Trinajstić information content (AvgIpc) is 2.69. The van der Waals surface area contributed by atoms with Crippen LogP contribution in [0.3, 0.4) is 0 Å². The van der Waals surface area contributed by atoms with Crippen molar-refractivity contribution < 1.29 is 13.2 Å². The van der Waals surface area contributed by atoms with Gasteiger partial charge in [0.1, 0.15) is 4.91 Å². The first kappa shape index (κ1) is 21.8. The van der Waals surface area contributed by atoms with Crippen molar-refractivity contribution in [3.63, 3.8) is 0 Å². The van der Waals surface area contributed by atoms with E-state index < -0.39 is 15.6 Å². The fraction of sp³-hybridized carbons (Fsp3) is 0.0455. The van der Waals surface area contributed by atoms with E-state index in [1.807, 2.05) is 0 Å². The van der Waals surface area contributed by atoms with Gasteiger partial charge in [-0.05, 0) is 65.7 Å². The first-order chi connectivity index (χ1) is 13.7. The minimum Gasteiger partial charge on any atom is -0.288 e. The third-order valence-corrected chi connectivity index (χ3v) is 6.82. The van der Waals surface area contributed by atoms with E-state index in [0.717, 1.165) is 4.47 Å². The van der Waals surface area contributed by atoms with Crippen molar-refractivity contribution in [3.05, 3.63) is 109 Å². The van der Waals surface area contributed by atoms with Crippen LogP contribution in [0.2, 0.25) is 10.0 Å². The number of hydrogen-bond donors (Lipinski definition) is 0. The Balaban J connectivity index is 2.05. The van der Waals surface area contributed by atoms with E-state index in [1.165, 1.54) is 18.2 Å². The monoisotopic (exact) mass is 508 g/mol. The number of rotatable bonds is 6. The van der Waals surface area contributed by atoms with Crippen LogP contribution in [0.15, 0.2) is 82.2 Å². The summed E-state index contributed by atoms with van der Waals surface area (Å²) in [4.78, 5) is 12.8. The fourth-order valence-electron chi connectivity index (χ4n) is 2.63. The number of hydrogen-bond acceptors (Lipinski definition) is 3. The predicted molar refractivity (Wildman–Crippen MR) is 122 cm³/mol. The molecule has 0 aliphatic heterocycles. The van der Waals surface area contributed by atoms with Crippen LogP contribution in [-0.4, -0.2) is 14.2 Å². The number of carbonyl (C=O) groups excluding carboxylic acids is 1. The quantitative estimate of drug-likeness (QED) is 0.278. The highest BCUT2D eigenvalue weighted by atomic mass is 79.9. The number of sulfone groups is 1. The number of halogens is 3. The number of Topliss-reactive ketones (excluding diaryl/α,β-unsaturated/α-hetero) is 1. The van der Waals surface area contributed by atoms with Crippen LogP contribution in [-0.2, 0) is 15.6 Å². The minimum absolute atomic E-state index is 0.248. The lowest BCUT2D eigenvalue weighted by Gasteiger charge is -2.10. The van der Waals surface area contributed by atoms with E-state index in [4.69, 9.17) is 23.2 Å². The normalized spacial score (nSPS) is 12.0. The van der Waals surface area contributed by atoms with Crippen molar-refractivity contribution >= 4 is 60.8 Å². The van der Waals surface area contributed by atoms with Gasteiger partial charge >= 0.3 is 0 Å². The van der Waals surface area contributed by atoms with Crippen LogP contribution < -0.4 is 0 Å². The van der Waals surface area contributed by atoms with Crippen molar-refractivity contribution in [2.24, 2.45) is 0 Å². The largest absolute Gasteiger partial charge is 0.288 e. The van der Waals surface area contributed by atoms with Crippen LogP contribution in [0.4, 0.5) is 0 Å². The molecular formula is C22H15BrCl2O3S. The highest BCUT2D eigenvalue weighted by Gasteiger charge is 2.26. The molecule has 0 heterocycles. The van der Waals surface area contributed by atoms with E-state index in [1.54, 1.807) is 60.7 Å². The fourth-order valence-corrected chi connectivity index (χ4v) is 4.65. The molecule has 0 fully saturated rings. The summed E-state index contributed by atoms with van der Waals surface area (Å²) in [6.07, 6.45) is 1.40. The van der Waals surface area contributed by atoms with Crippen LogP contribution in [0.25, 0.3) is 6.08 Å². The summed E-state index contributed by atoms with van der Waals surface area (Å²) in [5.74, 6) is -0.898. The molecule has 0 saturated heterocycles. The number of allylic oxidation sites excluding steroid dienone is 1. The molecule has 0 bridgehead atoms. The zero-order valence-electron chi connectivity index (χ0n) is 15.0. The van der Waals surface area contributed by atoms with Gasteiger partial charge in [-0.1, -0.05) is 63.4 Å². The lowest BCUT2D eigenvalue weighted by atomic mass is 10.1. The molecule has 0 aromatic heterocycles. The Labute approximate surface area is 188 Å². The van der Waals surface area contributed by atoms with Crippen LogP contribution in [0.5, 0.6) is 0 Å². The summed E-state index contributed by atoms with van der Waals surface area (Å²) in [6, 6.07) is 19.6. The summed E-state index contributed by atoms with van der Waals surface area (Å²) >= 11 is 15.1. The molecular weight excluding hydrogens is 495 g/mol. The Kier molecular flexibility index (Phi) is 6.96. The SMILES string of the molecule is O=C(/C(=C\c1ccc(Br)cc1)S(=O)(=O)Cc1ccc(Cl)cc1)c1ccc(Cl)cc1. The van der Waals surface area contributed by atoms with E-state index in [0.29, 0.717) is 21.2 Å². The van der Waals surface area contributed by atoms with Gasteiger partial charge in [0.2, 0.25) is 5.78 Å². The first-order valence-corrected chi connectivity index (χ1v) is 11.7.